The molecule has 0 heterocycles. The molecule has 0 saturated heterocycles. The van der Waals surface area contributed by atoms with Gasteiger partial charge in [0.2, 0.25) is 0 Å². The van der Waals surface area contributed by atoms with E-state index in [4.69, 9.17) is 5.26 Å². The molecular weight excluding hydrogens is 227 g/mol. The zero-order valence-electron chi connectivity index (χ0n) is 10.1. The van der Waals surface area contributed by atoms with Gasteiger partial charge in [-0.1, -0.05) is 18.2 Å². The second-order valence-corrected chi connectivity index (χ2v) is 4.15. The van der Waals surface area contributed by atoms with Crippen LogP contribution in [0.4, 0.5) is 10.1 Å². The number of hydrogen-bond acceptors (Lipinski definition) is 2. The van der Waals surface area contributed by atoms with Crippen LogP contribution in [0.15, 0.2) is 48.5 Å². The molecule has 3 heteroatoms. The SMILES string of the molecule is CN(Cc1cc(F)cc(C#N)c1)c1ccccc1. The van der Waals surface area contributed by atoms with E-state index in [1.54, 1.807) is 6.07 Å². The Morgan fingerprint density at radius 1 is 1.17 bits per heavy atom. The average molecular weight is 240 g/mol. The summed E-state index contributed by atoms with van der Waals surface area (Å²) in [5.74, 6) is -0.370. The molecule has 0 fully saturated rings. The average Bonchev–Trinajstić information content (AvgIpc) is 2.39. The van der Waals surface area contributed by atoms with Crippen molar-refractivity contribution in [2.75, 3.05) is 11.9 Å². The molecule has 2 nitrogen and oxygen atoms in total. The molecule has 18 heavy (non-hydrogen) atoms. The van der Waals surface area contributed by atoms with Crippen molar-refractivity contribution in [1.29, 1.82) is 5.26 Å². The lowest BCUT2D eigenvalue weighted by molar-refractivity contribution is 0.624. The Labute approximate surface area is 106 Å². The fourth-order valence-electron chi connectivity index (χ4n) is 1.85. The second-order valence-electron chi connectivity index (χ2n) is 4.15. The number of nitrogens with zero attached hydrogens (tertiary/aromatic N) is 2. The van der Waals surface area contributed by atoms with Crippen molar-refractivity contribution in [2.45, 2.75) is 6.54 Å². The van der Waals surface area contributed by atoms with Crippen LogP contribution in [0.5, 0.6) is 0 Å². The smallest absolute Gasteiger partial charge is 0.124 e. The van der Waals surface area contributed by atoms with Gasteiger partial charge in [-0.3, -0.25) is 0 Å². The Hall–Kier alpha value is -2.34. The van der Waals surface area contributed by atoms with Crippen molar-refractivity contribution in [3.8, 4) is 6.07 Å². The minimum Gasteiger partial charge on any atom is -0.370 e. The fourth-order valence-corrected chi connectivity index (χ4v) is 1.85. The molecule has 0 radical (unpaired) electrons. The summed E-state index contributed by atoms with van der Waals surface area (Å²) in [6, 6.07) is 16.2. The zero-order chi connectivity index (χ0) is 13.0. The van der Waals surface area contributed by atoms with Gasteiger partial charge in [0.05, 0.1) is 11.6 Å². The van der Waals surface area contributed by atoms with Crippen LogP contribution in [-0.4, -0.2) is 7.05 Å². The van der Waals surface area contributed by atoms with E-state index in [0.29, 0.717) is 12.1 Å². The molecule has 0 aliphatic heterocycles. The standard InChI is InChI=1S/C15H13FN2/c1-18(15-5-3-2-4-6-15)11-13-7-12(10-17)8-14(16)9-13/h2-9H,11H2,1H3. The van der Waals surface area contributed by atoms with Crippen LogP contribution < -0.4 is 4.90 Å². The normalized spacial score (nSPS) is 9.83. The molecule has 0 aromatic heterocycles. The maximum absolute atomic E-state index is 13.3. The van der Waals surface area contributed by atoms with Crippen molar-refractivity contribution >= 4 is 5.69 Å². The second kappa shape index (κ2) is 5.33. The van der Waals surface area contributed by atoms with Gasteiger partial charge in [-0.25, -0.2) is 4.39 Å². The summed E-state index contributed by atoms with van der Waals surface area (Å²) in [5.41, 5.74) is 2.20. The molecule has 2 rings (SSSR count). The summed E-state index contributed by atoms with van der Waals surface area (Å²) in [7, 11) is 1.94. The third-order valence-corrected chi connectivity index (χ3v) is 2.70. The summed E-state index contributed by atoms with van der Waals surface area (Å²) in [6.07, 6.45) is 0. The van der Waals surface area contributed by atoms with Crippen molar-refractivity contribution in [2.24, 2.45) is 0 Å². The van der Waals surface area contributed by atoms with Crippen molar-refractivity contribution in [1.82, 2.24) is 0 Å². The Bertz CT molecular complexity index is 573. The van der Waals surface area contributed by atoms with Gasteiger partial charge in [0.1, 0.15) is 5.82 Å². The predicted molar refractivity (Wildman–Crippen MR) is 69.7 cm³/mol. The summed E-state index contributed by atoms with van der Waals surface area (Å²) in [5, 5.41) is 8.81. The van der Waals surface area contributed by atoms with Gasteiger partial charge in [-0.2, -0.15) is 5.26 Å². The van der Waals surface area contributed by atoms with Gasteiger partial charge in [0.15, 0.2) is 0 Å². The van der Waals surface area contributed by atoms with Crippen molar-refractivity contribution < 1.29 is 4.39 Å². The lowest BCUT2D eigenvalue weighted by atomic mass is 10.1. The van der Waals surface area contributed by atoms with Crippen LogP contribution in [0, 0.1) is 17.1 Å². The van der Waals surface area contributed by atoms with Crippen LogP contribution >= 0.6 is 0 Å². The van der Waals surface area contributed by atoms with Gasteiger partial charge >= 0.3 is 0 Å². The molecule has 0 aliphatic carbocycles. The minimum absolute atomic E-state index is 0.353. The third kappa shape index (κ3) is 2.86. The quantitative estimate of drug-likeness (QED) is 0.822. The van der Waals surface area contributed by atoms with Crippen LogP contribution in [0.2, 0.25) is 0 Å². The first-order chi connectivity index (χ1) is 8.69. The Kier molecular flexibility index (Phi) is 3.59. The zero-order valence-corrected chi connectivity index (χ0v) is 10.1. The fraction of sp³-hybridized carbons (Fsp3) is 0.133. The predicted octanol–water partition coefficient (Wildman–Crippen LogP) is 3.33. The maximum atomic E-state index is 13.3. The maximum Gasteiger partial charge on any atom is 0.124 e. The molecule has 0 saturated carbocycles. The first-order valence-corrected chi connectivity index (χ1v) is 5.65. The first-order valence-electron chi connectivity index (χ1n) is 5.65. The summed E-state index contributed by atoms with van der Waals surface area (Å²) in [6.45, 7) is 0.566. The highest BCUT2D eigenvalue weighted by Gasteiger charge is 2.04. The van der Waals surface area contributed by atoms with Crippen molar-refractivity contribution in [3.05, 3.63) is 65.5 Å². The number of halogens is 1. The highest BCUT2D eigenvalue weighted by Crippen LogP contribution is 2.16. The molecule has 2 aromatic carbocycles. The Balaban J connectivity index is 2.20. The molecule has 0 atom stereocenters. The van der Waals surface area contributed by atoms with Crippen LogP contribution in [-0.2, 0) is 6.54 Å². The Morgan fingerprint density at radius 3 is 2.56 bits per heavy atom. The largest absolute Gasteiger partial charge is 0.370 e. The topological polar surface area (TPSA) is 27.0 Å². The van der Waals surface area contributed by atoms with E-state index in [2.05, 4.69) is 0 Å². The number of anilines is 1. The van der Waals surface area contributed by atoms with E-state index in [1.807, 2.05) is 48.3 Å². The van der Waals surface area contributed by atoms with Crippen LogP contribution in [0.25, 0.3) is 0 Å². The van der Waals surface area contributed by atoms with Crippen molar-refractivity contribution in [3.63, 3.8) is 0 Å². The highest BCUT2D eigenvalue weighted by atomic mass is 19.1. The van der Waals surface area contributed by atoms with Gasteiger partial charge < -0.3 is 4.90 Å². The lowest BCUT2D eigenvalue weighted by Crippen LogP contribution is -2.16. The molecule has 0 spiro atoms. The summed E-state index contributed by atoms with van der Waals surface area (Å²) >= 11 is 0. The molecule has 90 valence electrons. The summed E-state index contributed by atoms with van der Waals surface area (Å²) < 4.78 is 13.3. The van der Waals surface area contributed by atoms with E-state index >= 15 is 0 Å². The molecule has 0 bridgehead atoms. The van der Waals surface area contributed by atoms with Gasteiger partial charge in [-0.05, 0) is 35.9 Å². The molecule has 2 aromatic rings. The molecule has 0 amide bonds. The minimum atomic E-state index is -0.370. The number of para-hydroxylation sites is 1. The van der Waals surface area contributed by atoms with Gasteiger partial charge in [0.25, 0.3) is 0 Å². The van der Waals surface area contributed by atoms with E-state index < -0.39 is 0 Å². The van der Waals surface area contributed by atoms with E-state index in [-0.39, 0.29) is 5.82 Å². The number of benzene rings is 2. The van der Waals surface area contributed by atoms with E-state index in [1.165, 1.54) is 12.1 Å². The Morgan fingerprint density at radius 2 is 1.89 bits per heavy atom. The van der Waals surface area contributed by atoms with Crippen LogP contribution in [0.3, 0.4) is 0 Å². The highest BCUT2D eigenvalue weighted by molar-refractivity contribution is 5.46. The molecule has 0 N–H and O–H groups in total. The molecule has 0 aliphatic rings. The van der Waals surface area contributed by atoms with E-state index in [9.17, 15) is 4.39 Å². The number of nitriles is 1. The first kappa shape index (κ1) is 12.1. The van der Waals surface area contributed by atoms with E-state index in [0.717, 1.165) is 11.3 Å². The van der Waals surface area contributed by atoms with Crippen LogP contribution in [0.1, 0.15) is 11.1 Å². The van der Waals surface area contributed by atoms with Gasteiger partial charge in [0, 0.05) is 19.3 Å². The third-order valence-electron chi connectivity index (χ3n) is 2.70. The summed E-state index contributed by atoms with van der Waals surface area (Å²) in [4.78, 5) is 2.01. The monoisotopic (exact) mass is 240 g/mol. The molecule has 0 unspecified atom stereocenters. The lowest BCUT2D eigenvalue weighted by Gasteiger charge is -2.19. The van der Waals surface area contributed by atoms with Gasteiger partial charge in [-0.15, -0.1) is 0 Å². The molecular formula is C15H13FN2. The number of hydrogen-bond donors (Lipinski definition) is 0. The number of rotatable bonds is 3.